The summed E-state index contributed by atoms with van der Waals surface area (Å²) in [6.07, 6.45) is 3.54. The van der Waals surface area contributed by atoms with Gasteiger partial charge in [0.1, 0.15) is 11.9 Å². The van der Waals surface area contributed by atoms with E-state index >= 15 is 0 Å². The zero-order chi connectivity index (χ0) is 24.4. The first-order chi connectivity index (χ1) is 17.0. The first kappa shape index (κ1) is 23.0. The molecule has 3 heterocycles. The highest BCUT2D eigenvalue weighted by molar-refractivity contribution is 5.84. The first-order valence-electron chi connectivity index (χ1n) is 11.4. The summed E-state index contributed by atoms with van der Waals surface area (Å²) in [5, 5.41) is 0.536. The summed E-state index contributed by atoms with van der Waals surface area (Å²) in [5.74, 6) is 0.595. The van der Waals surface area contributed by atoms with Crippen LogP contribution in [0.25, 0.3) is 22.0 Å². The molecule has 7 nitrogen and oxygen atoms in total. The summed E-state index contributed by atoms with van der Waals surface area (Å²) in [6.45, 7) is -1.44. The quantitative estimate of drug-likeness (QED) is 0.386. The molecule has 0 N–H and O–H groups in total. The zero-order valence-corrected chi connectivity index (χ0v) is 19.2. The standard InChI is InChI=1S/C26H25F2N3O4/c1-30-25(32)21-9-8-17(18-10-11-29-24(14-18)34-20-6-4-12-33-16-20)13-22(21)31(30)15-19-5-2-3-7-23(19)35-26(27)28/h2-3,5,7-11,13-14,20,26H,4,6,12,15-16H2,1H3. The van der Waals surface area contributed by atoms with Crippen LogP contribution in [0.15, 0.2) is 65.6 Å². The van der Waals surface area contributed by atoms with Gasteiger partial charge in [-0.3, -0.25) is 14.2 Å². The monoisotopic (exact) mass is 481 g/mol. The SMILES string of the molecule is Cn1c(=O)c2ccc(-c3ccnc(OC4CCCOC4)c3)cc2n1Cc1ccccc1OC(F)F. The second-order valence-electron chi connectivity index (χ2n) is 8.44. The van der Waals surface area contributed by atoms with Crippen LogP contribution in [0, 0.1) is 0 Å². The van der Waals surface area contributed by atoms with Gasteiger partial charge in [-0.2, -0.15) is 8.78 Å². The molecule has 1 aliphatic rings. The van der Waals surface area contributed by atoms with Crippen molar-refractivity contribution in [3.63, 3.8) is 0 Å². The van der Waals surface area contributed by atoms with Crippen molar-refractivity contribution in [1.82, 2.24) is 14.3 Å². The Labute approximate surface area is 200 Å². The van der Waals surface area contributed by atoms with E-state index in [1.165, 1.54) is 10.7 Å². The summed E-state index contributed by atoms with van der Waals surface area (Å²) >= 11 is 0. The average molecular weight is 481 g/mol. The minimum atomic E-state index is -2.93. The van der Waals surface area contributed by atoms with Crippen LogP contribution in [-0.4, -0.2) is 40.3 Å². The molecule has 1 aliphatic heterocycles. The summed E-state index contributed by atoms with van der Waals surface area (Å²) in [4.78, 5) is 17.2. The number of rotatable bonds is 7. The molecular formula is C26H25F2N3O4. The normalized spacial score (nSPS) is 16.1. The Hall–Kier alpha value is -3.72. The number of ether oxygens (including phenoxy) is 3. The van der Waals surface area contributed by atoms with Gasteiger partial charge >= 0.3 is 6.61 Å². The predicted molar refractivity (Wildman–Crippen MR) is 127 cm³/mol. The molecule has 1 saturated heterocycles. The van der Waals surface area contributed by atoms with E-state index in [-0.39, 0.29) is 24.0 Å². The van der Waals surface area contributed by atoms with Gasteiger partial charge in [0.2, 0.25) is 5.88 Å². The predicted octanol–water partition coefficient (Wildman–Crippen LogP) is 4.61. The third-order valence-electron chi connectivity index (χ3n) is 6.15. The Morgan fingerprint density at radius 2 is 1.97 bits per heavy atom. The molecule has 5 rings (SSSR count). The summed E-state index contributed by atoms with van der Waals surface area (Å²) in [6, 6.07) is 15.9. The van der Waals surface area contributed by atoms with Crippen molar-refractivity contribution in [3.8, 4) is 22.8 Å². The number of hydrogen-bond donors (Lipinski definition) is 0. The van der Waals surface area contributed by atoms with Crippen LogP contribution in [-0.2, 0) is 18.3 Å². The van der Waals surface area contributed by atoms with Crippen molar-refractivity contribution in [2.24, 2.45) is 7.05 Å². The van der Waals surface area contributed by atoms with Crippen LogP contribution in [0.1, 0.15) is 18.4 Å². The fourth-order valence-corrected chi connectivity index (χ4v) is 4.38. The molecular weight excluding hydrogens is 456 g/mol. The lowest BCUT2D eigenvalue weighted by atomic mass is 10.1. The molecule has 1 atom stereocenters. The van der Waals surface area contributed by atoms with E-state index in [4.69, 9.17) is 9.47 Å². The van der Waals surface area contributed by atoms with Gasteiger partial charge in [-0.25, -0.2) is 4.98 Å². The minimum absolute atomic E-state index is 0.0243. The van der Waals surface area contributed by atoms with Crippen molar-refractivity contribution in [3.05, 3.63) is 76.7 Å². The molecule has 182 valence electrons. The van der Waals surface area contributed by atoms with Crippen LogP contribution in [0.3, 0.4) is 0 Å². The van der Waals surface area contributed by atoms with Crippen molar-refractivity contribution in [2.45, 2.75) is 32.1 Å². The molecule has 2 aromatic carbocycles. The number of fused-ring (bicyclic) bond motifs is 1. The van der Waals surface area contributed by atoms with E-state index < -0.39 is 6.61 Å². The van der Waals surface area contributed by atoms with Gasteiger partial charge in [0.25, 0.3) is 5.56 Å². The van der Waals surface area contributed by atoms with Gasteiger partial charge in [0.05, 0.1) is 24.1 Å². The number of para-hydroxylation sites is 1. The second kappa shape index (κ2) is 9.87. The number of pyridine rings is 1. The topological polar surface area (TPSA) is 67.5 Å². The Morgan fingerprint density at radius 3 is 2.77 bits per heavy atom. The van der Waals surface area contributed by atoms with Gasteiger partial charge in [-0.1, -0.05) is 24.3 Å². The van der Waals surface area contributed by atoms with E-state index in [0.29, 0.717) is 29.0 Å². The fraction of sp³-hybridized carbons (Fsp3) is 0.308. The lowest BCUT2D eigenvalue weighted by Crippen LogP contribution is -2.28. The zero-order valence-electron chi connectivity index (χ0n) is 19.2. The van der Waals surface area contributed by atoms with Gasteiger partial charge in [0.15, 0.2) is 0 Å². The Morgan fingerprint density at radius 1 is 1.14 bits per heavy atom. The molecule has 1 unspecified atom stereocenters. The summed E-state index contributed by atoms with van der Waals surface area (Å²) in [5.41, 5.74) is 2.82. The molecule has 0 radical (unpaired) electrons. The molecule has 4 aromatic rings. The summed E-state index contributed by atoms with van der Waals surface area (Å²) in [7, 11) is 1.66. The Kier molecular flexibility index (Phi) is 6.50. The van der Waals surface area contributed by atoms with Crippen LogP contribution in [0.4, 0.5) is 8.78 Å². The van der Waals surface area contributed by atoms with Crippen LogP contribution >= 0.6 is 0 Å². The molecule has 9 heteroatoms. The fourth-order valence-electron chi connectivity index (χ4n) is 4.38. The molecule has 35 heavy (non-hydrogen) atoms. The molecule has 0 bridgehead atoms. The van der Waals surface area contributed by atoms with E-state index in [1.54, 1.807) is 42.2 Å². The third-order valence-corrected chi connectivity index (χ3v) is 6.15. The van der Waals surface area contributed by atoms with Crippen LogP contribution in [0.5, 0.6) is 11.6 Å². The minimum Gasteiger partial charge on any atom is -0.472 e. The Bertz CT molecular complexity index is 1390. The molecule has 0 amide bonds. The highest BCUT2D eigenvalue weighted by atomic mass is 19.3. The van der Waals surface area contributed by atoms with E-state index in [1.807, 2.05) is 24.3 Å². The second-order valence-corrected chi connectivity index (χ2v) is 8.44. The lowest BCUT2D eigenvalue weighted by molar-refractivity contribution is -0.0505. The first-order valence-corrected chi connectivity index (χ1v) is 11.4. The smallest absolute Gasteiger partial charge is 0.387 e. The Balaban J connectivity index is 1.50. The van der Waals surface area contributed by atoms with E-state index in [9.17, 15) is 13.6 Å². The molecule has 1 fully saturated rings. The summed E-state index contributed by atoms with van der Waals surface area (Å²) < 4.78 is 45.2. The van der Waals surface area contributed by atoms with Crippen molar-refractivity contribution in [2.75, 3.05) is 13.2 Å². The molecule has 2 aromatic heterocycles. The number of hydrogen-bond acceptors (Lipinski definition) is 5. The highest BCUT2D eigenvalue weighted by Gasteiger charge is 2.18. The van der Waals surface area contributed by atoms with Crippen LogP contribution in [0.2, 0.25) is 0 Å². The van der Waals surface area contributed by atoms with E-state index in [0.717, 1.165) is 30.6 Å². The highest BCUT2D eigenvalue weighted by Crippen LogP contribution is 2.28. The van der Waals surface area contributed by atoms with Crippen molar-refractivity contribution in [1.29, 1.82) is 0 Å². The van der Waals surface area contributed by atoms with Gasteiger partial charge < -0.3 is 14.2 Å². The lowest BCUT2D eigenvalue weighted by Gasteiger charge is -2.22. The molecule has 0 aliphatic carbocycles. The maximum atomic E-state index is 12.9. The number of alkyl halides is 2. The molecule has 0 saturated carbocycles. The maximum Gasteiger partial charge on any atom is 0.387 e. The number of halogens is 2. The number of aromatic nitrogens is 3. The maximum absolute atomic E-state index is 12.9. The van der Waals surface area contributed by atoms with Gasteiger partial charge in [-0.15, -0.1) is 0 Å². The van der Waals surface area contributed by atoms with Gasteiger partial charge in [0, 0.05) is 31.5 Å². The van der Waals surface area contributed by atoms with Crippen LogP contribution < -0.4 is 15.0 Å². The van der Waals surface area contributed by atoms with Crippen molar-refractivity contribution >= 4 is 10.9 Å². The number of benzene rings is 2. The van der Waals surface area contributed by atoms with E-state index in [2.05, 4.69) is 9.72 Å². The largest absolute Gasteiger partial charge is 0.472 e. The number of nitrogens with zero attached hydrogens (tertiary/aromatic N) is 3. The van der Waals surface area contributed by atoms with Gasteiger partial charge in [-0.05, 0) is 48.2 Å². The molecule has 0 spiro atoms. The average Bonchev–Trinajstić information content (AvgIpc) is 3.10. The van der Waals surface area contributed by atoms with Crippen molar-refractivity contribution < 1.29 is 23.0 Å². The third kappa shape index (κ3) is 4.90.